The van der Waals surface area contributed by atoms with Crippen molar-refractivity contribution in [3.05, 3.63) is 11.9 Å². The van der Waals surface area contributed by atoms with Gasteiger partial charge in [0.2, 0.25) is 5.91 Å². The molecule has 6 heteroatoms. The summed E-state index contributed by atoms with van der Waals surface area (Å²) in [5.41, 5.74) is 6.68. The van der Waals surface area contributed by atoms with Crippen molar-refractivity contribution in [3.8, 4) is 0 Å². The van der Waals surface area contributed by atoms with Gasteiger partial charge in [-0.05, 0) is 12.8 Å². The van der Waals surface area contributed by atoms with E-state index in [4.69, 9.17) is 5.73 Å². The lowest BCUT2D eigenvalue weighted by Crippen LogP contribution is -2.28. The summed E-state index contributed by atoms with van der Waals surface area (Å²) in [5, 5.41) is 10.7. The lowest BCUT2D eigenvalue weighted by atomic mass is 10.1. The van der Waals surface area contributed by atoms with Crippen molar-refractivity contribution in [1.29, 1.82) is 0 Å². The number of nitrogens with two attached hydrogens (primary N) is 1. The summed E-state index contributed by atoms with van der Waals surface area (Å²) in [7, 11) is 0. The fourth-order valence-electron chi connectivity index (χ4n) is 1.63. The van der Waals surface area contributed by atoms with Gasteiger partial charge < -0.3 is 11.1 Å². The highest BCUT2D eigenvalue weighted by Gasteiger charge is 2.11. The van der Waals surface area contributed by atoms with Crippen molar-refractivity contribution in [2.75, 3.05) is 6.54 Å². The average molecular weight is 253 g/mol. The minimum Gasteiger partial charge on any atom is -0.354 e. The van der Waals surface area contributed by atoms with E-state index in [1.165, 1.54) is 4.68 Å². The maximum atomic E-state index is 11.6. The smallest absolute Gasteiger partial charge is 0.241 e. The van der Waals surface area contributed by atoms with Crippen LogP contribution in [0, 0.1) is 0 Å². The molecule has 0 aliphatic rings. The SMILES string of the molecule is CCCCNC(=O)Cn1cc(C(N)CCC)nn1. The van der Waals surface area contributed by atoms with Crippen molar-refractivity contribution >= 4 is 5.91 Å². The lowest BCUT2D eigenvalue weighted by molar-refractivity contribution is -0.121. The molecule has 3 N–H and O–H groups in total. The van der Waals surface area contributed by atoms with E-state index in [1.54, 1.807) is 6.20 Å². The predicted octanol–water partition coefficient (Wildman–Crippen LogP) is 0.994. The molecule has 6 nitrogen and oxygen atoms in total. The first-order valence-electron chi connectivity index (χ1n) is 6.59. The normalized spacial score (nSPS) is 12.4. The summed E-state index contributed by atoms with van der Waals surface area (Å²) in [6.07, 6.45) is 5.70. The van der Waals surface area contributed by atoms with Crippen molar-refractivity contribution < 1.29 is 4.79 Å². The standard InChI is InChI=1S/C12H23N5O/c1-3-5-7-14-12(18)9-17-8-11(15-16-17)10(13)6-4-2/h8,10H,3-7,9,13H2,1-2H3,(H,14,18). The molecule has 0 aliphatic heterocycles. The zero-order valence-corrected chi connectivity index (χ0v) is 11.2. The van der Waals surface area contributed by atoms with Crippen LogP contribution in [0.15, 0.2) is 6.20 Å². The van der Waals surface area contributed by atoms with E-state index in [0.717, 1.165) is 31.4 Å². The van der Waals surface area contributed by atoms with Gasteiger partial charge in [-0.15, -0.1) is 5.10 Å². The van der Waals surface area contributed by atoms with Crippen LogP contribution in [0.2, 0.25) is 0 Å². The summed E-state index contributed by atoms with van der Waals surface area (Å²) >= 11 is 0. The Kier molecular flexibility index (Phi) is 6.35. The second kappa shape index (κ2) is 7.81. The molecule has 0 saturated carbocycles. The molecule has 1 atom stereocenters. The Balaban J connectivity index is 2.41. The quantitative estimate of drug-likeness (QED) is 0.677. The number of rotatable bonds is 8. The van der Waals surface area contributed by atoms with E-state index < -0.39 is 0 Å². The zero-order valence-electron chi connectivity index (χ0n) is 11.2. The fourth-order valence-corrected chi connectivity index (χ4v) is 1.63. The molecule has 1 amide bonds. The first-order chi connectivity index (χ1) is 8.67. The molecular formula is C12H23N5O. The molecular weight excluding hydrogens is 230 g/mol. The van der Waals surface area contributed by atoms with Crippen molar-refractivity contribution in [3.63, 3.8) is 0 Å². The minimum atomic E-state index is -0.0908. The summed E-state index contributed by atoms with van der Waals surface area (Å²) in [4.78, 5) is 11.6. The van der Waals surface area contributed by atoms with E-state index in [9.17, 15) is 4.79 Å². The maximum Gasteiger partial charge on any atom is 0.241 e. The van der Waals surface area contributed by atoms with Crippen LogP contribution in [0.3, 0.4) is 0 Å². The monoisotopic (exact) mass is 253 g/mol. The van der Waals surface area contributed by atoms with Gasteiger partial charge in [-0.25, -0.2) is 4.68 Å². The third kappa shape index (κ3) is 4.83. The second-order valence-electron chi connectivity index (χ2n) is 4.44. The molecule has 0 aromatic carbocycles. The third-order valence-corrected chi connectivity index (χ3v) is 2.69. The van der Waals surface area contributed by atoms with Crippen molar-refractivity contribution in [2.24, 2.45) is 5.73 Å². The Morgan fingerprint density at radius 3 is 2.94 bits per heavy atom. The topological polar surface area (TPSA) is 85.8 Å². The van der Waals surface area contributed by atoms with Crippen LogP contribution >= 0.6 is 0 Å². The van der Waals surface area contributed by atoms with Crippen LogP contribution in [-0.4, -0.2) is 27.4 Å². The summed E-state index contributed by atoms with van der Waals surface area (Å²) in [5.74, 6) is -0.0380. The number of nitrogens with zero attached hydrogens (tertiary/aromatic N) is 3. The van der Waals surface area contributed by atoms with E-state index in [2.05, 4.69) is 29.5 Å². The number of nitrogens with one attached hydrogen (secondary N) is 1. The summed E-state index contributed by atoms with van der Waals surface area (Å²) < 4.78 is 1.53. The Hall–Kier alpha value is -1.43. The second-order valence-corrected chi connectivity index (χ2v) is 4.44. The molecule has 1 rings (SSSR count). The van der Waals surface area contributed by atoms with E-state index in [1.807, 2.05) is 0 Å². The molecule has 1 aromatic rings. The Morgan fingerprint density at radius 1 is 1.50 bits per heavy atom. The largest absolute Gasteiger partial charge is 0.354 e. The molecule has 18 heavy (non-hydrogen) atoms. The van der Waals surface area contributed by atoms with Gasteiger partial charge in [0.1, 0.15) is 6.54 Å². The van der Waals surface area contributed by atoms with Gasteiger partial charge in [-0.3, -0.25) is 4.79 Å². The van der Waals surface area contributed by atoms with Gasteiger partial charge in [0, 0.05) is 6.54 Å². The Labute approximate surface area is 108 Å². The minimum absolute atomic E-state index is 0.0380. The van der Waals surface area contributed by atoms with Crippen LogP contribution in [0.25, 0.3) is 0 Å². The number of carbonyl (C=O) groups excluding carboxylic acids is 1. The number of hydrogen-bond donors (Lipinski definition) is 2. The summed E-state index contributed by atoms with van der Waals surface area (Å²) in [6, 6.07) is -0.0908. The molecule has 0 bridgehead atoms. The summed E-state index contributed by atoms with van der Waals surface area (Å²) in [6.45, 7) is 5.08. The van der Waals surface area contributed by atoms with Crippen molar-refractivity contribution in [1.82, 2.24) is 20.3 Å². The van der Waals surface area contributed by atoms with Gasteiger partial charge in [-0.2, -0.15) is 0 Å². The molecule has 0 fully saturated rings. The third-order valence-electron chi connectivity index (χ3n) is 2.69. The van der Waals surface area contributed by atoms with Crippen molar-refractivity contribution in [2.45, 2.75) is 52.1 Å². The number of amides is 1. The molecule has 0 radical (unpaired) electrons. The van der Waals surface area contributed by atoms with Crippen LogP contribution in [-0.2, 0) is 11.3 Å². The maximum absolute atomic E-state index is 11.6. The van der Waals surface area contributed by atoms with E-state index in [-0.39, 0.29) is 18.5 Å². The van der Waals surface area contributed by atoms with Gasteiger partial charge >= 0.3 is 0 Å². The van der Waals surface area contributed by atoms with E-state index in [0.29, 0.717) is 6.54 Å². The first-order valence-corrected chi connectivity index (χ1v) is 6.59. The van der Waals surface area contributed by atoms with Crippen LogP contribution in [0.4, 0.5) is 0 Å². The Bertz CT molecular complexity index is 363. The first kappa shape index (κ1) is 14.6. The fraction of sp³-hybridized carbons (Fsp3) is 0.750. The van der Waals surface area contributed by atoms with Gasteiger partial charge in [0.15, 0.2) is 0 Å². The van der Waals surface area contributed by atoms with Gasteiger partial charge in [-0.1, -0.05) is 31.9 Å². The van der Waals surface area contributed by atoms with Crippen LogP contribution in [0.1, 0.15) is 51.3 Å². The number of unbranched alkanes of at least 4 members (excludes halogenated alkanes) is 1. The van der Waals surface area contributed by atoms with Gasteiger partial charge in [0.25, 0.3) is 0 Å². The molecule has 102 valence electrons. The van der Waals surface area contributed by atoms with Crippen LogP contribution < -0.4 is 11.1 Å². The van der Waals surface area contributed by atoms with Gasteiger partial charge in [0.05, 0.1) is 17.9 Å². The molecule has 1 heterocycles. The Morgan fingerprint density at radius 2 is 2.28 bits per heavy atom. The molecule has 0 saturated heterocycles. The highest BCUT2D eigenvalue weighted by atomic mass is 16.2. The predicted molar refractivity (Wildman–Crippen MR) is 69.8 cm³/mol. The molecule has 1 aromatic heterocycles. The number of carbonyl (C=O) groups is 1. The number of hydrogen-bond acceptors (Lipinski definition) is 4. The molecule has 0 aliphatic carbocycles. The highest BCUT2D eigenvalue weighted by Crippen LogP contribution is 2.11. The number of aromatic nitrogens is 3. The molecule has 1 unspecified atom stereocenters. The van der Waals surface area contributed by atoms with Crippen LogP contribution in [0.5, 0.6) is 0 Å². The lowest BCUT2D eigenvalue weighted by Gasteiger charge is -2.05. The average Bonchev–Trinajstić information content (AvgIpc) is 2.78. The van der Waals surface area contributed by atoms with E-state index >= 15 is 0 Å². The zero-order chi connectivity index (χ0) is 13.4. The molecule has 0 spiro atoms. The highest BCUT2D eigenvalue weighted by molar-refractivity contribution is 5.75.